The van der Waals surface area contributed by atoms with Crippen LogP contribution in [0.3, 0.4) is 0 Å². The van der Waals surface area contributed by atoms with Crippen molar-refractivity contribution in [3.05, 3.63) is 76.5 Å². The van der Waals surface area contributed by atoms with Crippen molar-refractivity contribution in [2.24, 2.45) is 0 Å². The van der Waals surface area contributed by atoms with Gasteiger partial charge in [-0.25, -0.2) is 14.1 Å². The Bertz CT molecular complexity index is 946. The zero-order valence-corrected chi connectivity index (χ0v) is 15.7. The summed E-state index contributed by atoms with van der Waals surface area (Å²) in [6.45, 7) is 0.101. The van der Waals surface area contributed by atoms with E-state index in [4.69, 9.17) is 27.9 Å². The average Bonchev–Trinajstić information content (AvgIpc) is 3.26. The van der Waals surface area contributed by atoms with E-state index in [1.807, 2.05) is 0 Å². The molecule has 0 bridgehead atoms. The molecule has 0 amide bonds. The van der Waals surface area contributed by atoms with E-state index in [1.165, 1.54) is 29.5 Å². The quantitative estimate of drug-likeness (QED) is 0.664. The molecule has 1 fully saturated rings. The van der Waals surface area contributed by atoms with Crippen molar-refractivity contribution in [2.75, 3.05) is 0 Å². The van der Waals surface area contributed by atoms with Crippen molar-refractivity contribution in [2.45, 2.75) is 30.6 Å². The number of ether oxygens (including phenoxy) is 1. The van der Waals surface area contributed by atoms with Crippen LogP contribution in [0.5, 0.6) is 5.75 Å². The number of benzene rings is 2. The maximum Gasteiger partial charge on any atom is 0.149 e. The first kappa shape index (κ1) is 18.2. The second kappa shape index (κ2) is 6.78. The highest BCUT2D eigenvalue weighted by molar-refractivity contribution is 6.35. The summed E-state index contributed by atoms with van der Waals surface area (Å²) in [6, 6.07) is 10.7. The lowest BCUT2D eigenvalue weighted by molar-refractivity contribution is -0.0981. The topological polar surface area (TPSA) is 60.2 Å². The third-order valence-corrected chi connectivity index (χ3v) is 5.37. The van der Waals surface area contributed by atoms with Gasteiger partial charge < -0.3 is 9.84 Å². The molecule has 1 aromatic heterocycles. The highest BCUT2D eigenvalue weighted by Gasteiger charge is 2.63. The van der Waals surface area contributed by atoms with Crippen LogP contribution in [0.1, 0.15) is 18.4 Å². The summed E-state index contributed by atoms with van der Waals surface area (Å²) >= 11 is 12.2. The molecule has 140 valence electrons. The average molecular weight is 408 g/mol. The zero-order valence-electron chi connectivity index (χ0n) is 14.1. The first-order chi connectivity index (χ1) is 12.9. The molecule has 1 aliphatic rings. The summed E-state index contributed by atoms with van der Waals surface area (Å²) in [5, 5.41) is 16.7. The van der Waals surface area contributed by atoms with Gasteiger partial charge in [-0.2, -0.15) is 5.10 Å². The number of nitrogens with zero attached hydrogens (tertiary/aromatic N) is 3. The van der Waals surface area contributed by atoms with Gasteiger partial charge in [0, 0.05) is 5.02 Å². The van der Waals surface area contributed by atoms with Crippen LogP contribution in [0, 0.1) is 5.82 Å². The van der Waals surface area contributed by atoms with Crippen molar-refractivity contribution in [1.29, 1.82) is 0 Å². The molecule has 0 spiro atoms. The first-order valence-corrected chi connectivity index (χ1v) is 9.12. The maximum atomic E-state index is 13.4. The van der Waals surface area contributed by atoms with Crippen LogP contribution < -0.4 is 4.74 Å². The van der Waals surface area contributed by atoms with Crippen LogP contribution in [-0.4, -0.2) is 25.5 Å². The smallest absolute Gasteiger partial charge is 0.149 e. The first-order valence-electron chi connectivity index (χ1n) is 8.37. The normalized spacial score (nSPS) is 17.3. The Kier molecular flexibility index (Phi) is 4.58. The summed E-state index contributed by atoms with van der Waals surface area (Å²) in [6.07, 6.45) is 4.12. The molecule has 4 rings (SSSR count). The van der Waals surface area contributed by atoms with Crippen molar-refractivity contribution < 1.29 is 14.2 Å². The fourth-order valence-corrected chi connectivity index (χ4v) is 3.70. The van der Waals surface area contributed by atoms with Gasteiger partial charge >= 0.3 is 0 Å². The molecule has 1 unspecified atom stereocenters. The predicted molar refractivity (Wildman–Crippen MR) is 99.4 cm³/mol. The lowest BCUT2D eigenvalue weighted by Crippen LogP contribution is -2.49. The second-order valence-electron chi connectivity index (χ2n) is 6.63. The number of hydrogen-bond donors (Lipinski definition) is 1. The monoisotopic (exact) mass is 407 g/mol. The molecule has 0 radical (unpaired) electrons. The fraction of sp³-hybridized carbons (Fsp3) is 0.263. The van der Waals surface area contributed by atoms with E-state index in [0.717, 1.165) is 0 Å². The summed E-state index contributed by atoms with van der Waals surface area (Å²) in [5.74, 6) is 0.0473. The van der Waals surface area contributed by atoms with Gasteiger partial charge in [0.05, 0.1) is 11.6 Å². The minimum Gasteiger partial charge on any atom is -0.482 e. The third kappa shape index (κ3) is 3.40. The van der Waals surface area contributed by atoms with Gasteiger partial charge in [-0.15, -0.1) is 0 Å². The lowest BCUT2D eigenvalue weighted by Gasteiger charge is -2.37. The highest BCUT2D eigenvalue weighted by Crippen LogP contribution is 2.54. The molecule has 1 saturated carbocycles. The van der Waals surface area contributed by atoms with Crippen LogP contribution in [0.4, 0.5) is 4.39 Å². The largest absolute Gasteiger partial charge is 0.482 e. The molecular formula is C19H16Cl2FN3O2. The standard InChI is InChI=1S/C19H16Cl2FN3O2/c20-14-3-6-17(16(21)9-14)27-18(7-8-18)19(26,10-25-12-23-11-24-25)13-1-4-15(22)5-2-13/h1-6,9,11-12,26H,7-8,10H2. The van der Waals surface area contributed by atoms with E-state index >= 15 is 0 Å². The Morgan fingerprint density at radius 2 is 1.93 bits per heavy atom. The maximum absolute atomic E-state index is 13.4. The van der Waals surface area contributed by atoms with Gasteiger partial charge in [-0.3, -0.25) is 0 Å². The summed E-state index contributed by atoms with van der Waals surface area (Å²) in [7, 11) is 0. The van der Waals surface area contributed by atoms with Crippen molar-refractivity contribution in [3.8, 4) is 5.75 Å². The van der Waals surface area contributed by atoms with Gasteiger partial charge in [-0.05, 0) is 48.7 Å². The fourth-order valence-electron chi connectivity index (χ4n) is 3.25. The molecule has 8 heteroatoms. The number of aromatic nitrogens is 3. The Balaban J connectivity index is 1.74. The molecule has 1 atom stereocenters. The van der Waals surface area contributed by atoms with Gasteiger partial charge in [0.15, 0.2) is 0 Å². The highest BCUT2D eigenvalue weighted by atomic mass is 35.5. The molecule has 3 aromatic rings. The van der Waals surface area contributed by atoms with E-state index in [0.29, 0.717) is 34.2 Å². The molecule has 1 aliphatic carbocycles. The zero-order chi connectivity index (χ0) is 19.1. The van der Waals surface area contributed by atoms with Gasteiger partial charge in [0.1, 0.15) is 35.4 Å². The predicted octanol–water partition coefficient (Wildman–Crippen LogP) is 4.22. The van der Waals surface area contributed by atoms with Crippen molar-refractivity contribution in [1.82, 2.24) is 14.8 Å². The summed E-state index contributed by atoms with van der Waals surface area (Å²) in [4.78, 5) is 3.93. The molecule has 1 N–H and O–H groups in total. The van der Waals surface area contributed by atoms with Gasteiger partial charge in [0.2, 0.25) is 0 Å². The molecule has 0 saturated heterocycles. The summed E-state index contributed by atoms with van der Waals surface area (Å²) < 4.78 is 21.2. The van der Waals surface area contributed by atoms with Crippen LogP contribution >= 0.6 is 23.2 Å². The van der Waals surface area contributed by atoms with Gasteiger partial charge in [0.25, 0.3) is 0 Å². The summed E-state index contributed by atoms with van der Waals surface area (Å²) in [5.41, 5.74) is -1.85. The number of rotatable bonds is 6. The third-order valence-electron chi connectivity index (χ3n) is 4.84. The van der Waals surface area contributed by atoms with Crippen molar-refractivity contribution in [3.63, 3.8) is 0 Å². The number of hydrogen-bond acceptors (Lipinski definition) is 4. The van der Waals surface area contributed by atoms with Crippen LogP contribution in [0.25, 0.3) is 0 Å². The Hall–Kier alpha value is -2.15. The molecule has 1 heterocycles. The minimum absolute atomic E-state index is 0.101. The van der Waals surface area contributed by atoms with E-state index in [-0.39, 0.29) is 12.4 Å². The van der Waals surface area contributed by atoms with Crippen molar-refractivity contribution >= 4 is 23.2 Å². The SMILES string of the molecule is OC(Cn1cncn1)(c1ccc(F)cc1)C1(Oc2ccc(Cl)cc2Cl)CC1. The number of halogens is 3. The Morgan fingerprint density at radius 3 is 2.52 bits per heavy atom. The number of aliphatic hydroxyl groups is 1. The van der Waals surface area contributed by atoms with Crippen LogP contribution in [0.2, 0.25) is 10.0 Å². The molecule has 0 aliphatic heterocycles. The lowest BCUT2D eigenvalue weighted by atomic mass is 9.85. The molecule has 27 heavy (non-hydrogen) atoms. The van der Waals surface area contributed by atoms with E-state index in [1.54, 1.807) is 30.3 Å². The van der Waals surface area contributed by atoms with Gasteiger partial charge in [-0.1, -0.05) is 35.3 Å². The molecule has 2 aromatic carbocycles. The Morgan fingerprint density at radius 1 is 1.19 bits per heavy atom. The molecular weight excluding hydrogens is 392 g/mol. The molecule has 5 nitrogen and oxygen atoms in total. The van der Waals surface area contributed by atoms with E-state index in [9.17, 15) is 9.50 Å². The Labute approximate surface area is 165 Å². The van der Waals surface area contributed by atoms with Crippen LogP contribution in [-0.2, 0) is 12.1 Å². The second-order valence-corrected chi connectivity index (χ2v) is 7.47. The van der Waals surface area contributed by atoms with Crippen LogP contribution in [0.15, 0.2) is 55.1 Å². The van der Waals surface area contributed by atoms with E-state index in [2.05, 4.69) is 10.1 Å². The minimum atomic E-state index is -1.46. The van der Waals surface area contributed by atoms with E-state index < -0.39 is 11.2 Å².